The molecule has 2 aromatic rings. The first kappa shape index (κ1) is 13.9. The number of nitrogens with one attached hydrogen (secondary N) is 1. The Morgan fingerprint density at radius 2 is 1.95 bits per heavy atom. The van der Waals surface area contributed by atoms with E-state index in [1.54, 1.807) is 0 Å². The smallest absolute Gasteiger partial charge is 0.133 e. The number of hydrogen-bond acceptors (Lipinski definition) is 2. The monoisotopic (exact) mass is 319 g/mol. The van der Waals surface area contributed by atoms with Gasteiger partial charge in [0.25, 0.3) is 0 Å². The Morgan fingerprint density at radius 3 is 2.63 bits per heavy atom. The number of anilines is 1. The van der Waals surface area contributed by atoms with E-state index in [2.05, 4.69) is 52.4 Å². The molecule has 2 nitrogen and oxygen atoms in total. The largest absolute Gasteiger partial charge is 0.493 e. The van der Waals surface area contributed by atoms with Crippen molar-refractivity contribution >= 4 is 21.6 Å². The summed E-state index contributed by atoms with van der Waals surface area (Å²) in [6.07, 6.45) is 0. The van der Waals surface area contributed by atoms with Crippen molar-refractivity contribution in [1.29, 1.82) is 0 Å². The van der Waals surface area contributed by atoms with Gasteiger partial charge in [-0.15, -0.1) is 0 Å². The van der Waals surface area contributed by atoms with Crippen LogP contribution < -0.4 is 10.1 Å². The minimum absolute atomic E-state index is 0.680. The molecule has 0 heterocycles. The molecule has 3 heteroatoms. The molecule has 0 unspecified atom stereocenters. The molecule has 0 saturated carbocycles. The Kier molecular flexibility index (Phi) is 4.86. The molecule has 0 aromatic heterocycles. The first-order chi connectivity index (χ1) is 9.20. The molecule has 19 heavy (non-hydrogen) atoms. The average Bonchev–Trinajstić information content (AvgIpc) is 2.41. The Labute approximate surface area is 122 Å². The first-order valence-electron chi connectivity index (χ1n) is 6.41. The van der Waals surface area contributed by atoms with Crippen LogP contribution in [0.1, 0.15) is 18.1 Å². The number of para-hydroxylation sites is 1. The molecule has 0 radical (unpaired) electrons. The maximum atomic E-state index is 5.51. The predicted octanol–water partition coefficient (Wildman–Crippen LogP) is 4.77. The van der Waals surface area contributed by atoms with Gasteiger partial charge in [0.2, 0.25) is 0 Å². The summed E-state index contributed by atoms with van der Waals surface area (Å²) in [6.45, 7) is 5.58. The lowest BCUT2D eigenvalue weighted by atomic mass is 10.1. The van der Waals surface area contributed by atoms with Crippen LogP contribution in [0.25, 0.3) is 0 Å². The normalized spacial score (nSPS) is 10.3. The fourth-order valence-corrected chi connectivity index (χ4v) is 2.44. The van der Waals surface area contributed by atoms with Crippen LogP contribution in [-0.4, -0.2) is 6.61 Å². The highest BCUT2D eigenvalue weighted by atomic mass is 79.9. The topological polar surface area (TPSA) is 21.3 Å². The summed E-state index contributed by atoms with van der Waals surface area (Å²) < 4.78 is 6.50. The van der Waals surface area contributed by atoms with Gasteiger partial charge in [-0.2, -0.15) is 0 Å². The van der Waals surface area contributed by atoms with E-state index in [0.29, 0.717) is 6.61 Å². The van der Waals surface area contributed by atoms with Gasteiger partial charge >= 0.3 is 0 Å². The lowest BCUT2D eigenvalue weighted by Gasteiger charge is -2.11. The summed E-state index contributed by atoms with van der Waals surface area (Å²) in [5.41, 5.74) is 3.65. The molecule has 0 bridgehead atoms. The zero-order chi connectivity index (χ0) is 13.7. The van der Waals surface area contributed by atoms with Crippen LogP contribution in [0, 0.1) is 6.92 Å². The van der Waals surface area contributed by atoms with Gasteiger partial charge in [-0.1, -0.05) is 24.3 Å². The second-order valence-electron chi connectivity index (χ2n) is 4.37. The van der Waals surface area contributed by atoms with E-state index < -0.39 is 0 Å². The van der Waals surface area contributed by atoms with Gasteiger partial charge in [-0.25, -0.2) is 0 Å². The first-order valence-corrected chi connectivity index (χ1v) is 7.20. The van der Waals surface area contributed by atoms with Gasteiger partial charge in [0.15, 0.2) is 0 Å². The highest BCUT2D eigenvalue weighted by Gasteiger charge is 2.02. The minimum atomic E-state index is 0.680. The van der Waals surface area contributed by atoms with E-state index in [1.165, 1.54) is 16.8 Å². The molecule has 0 aliphatic heterocycles. The van der Waals surface area contributed by atoms with Crippen LogP contribution in [0.15, 0.2) is 46.9 Å². The van der Waals surface area contributed by atoms with Gasteiger partial charge in [0.05, 0.1) is 11.1 Å². The van der Waals surface area contributed by atoms with E-state index in [1.807, 2.05) is 25.1 Å². The number of ether oxygens (including phenoxy) is 1. The summed E-state index contributed by atoms with van der Waals surface area (Å²) >= 11 is 3.54. The zero-order valence-corrected chi connectivity index (χ0v) is 12.8. The van der Waals surface area contributed by atoms with Crippen molar-refractivity contribution in [3.05, 3.63) is 58.1 Å². The van der Waals surface area contributed by atoms with Crippen molar-refractivity contribution in [3.8, 4) is 5.75 Å². The van der Waals surface area contributed by atoms with E-state index in [4.69, 9.17) is 4.74 Å². The van der Waals surface area contributed by atoms with Crippen molar-refractivity contribution in [1.82, 2.24) is 0 Å². The molecule has 0 amide bonds. The zero-order valence-electron chi connectivity index (χ0n) is 11.2. The van der Waals surface area contributed by atoms with Crippen LogP contribution in [0.2, 0.25) is 0 Å². The Hall–Kier alpha value is -1.48. The summed E-state index contributed by atoms with van der Waals surface area (Å²) in [5.74, 6) is 0.891. The SMILES string of the molecule is CCOc1ccc(CNc2ccccc2C)cc1Br. The molecular weight excluding hydrogens is 302 g/mol. The van der Waals surface area contributed by atoms with Gasteiger partial charge in [0.1, 0.15) is 5.75 Å². The molecule has 2 aromatic carbocycles. The Morgan fingerprint density at radius 1 is 1.16 bits per heavy atom. The molecule has 100 valence electrons. The standard InChI is InChI=1S/C16H18BrNO/c1-3-19-16-9-8-13(10-14(16)17)11-18-15-7-5-4-6-12(15)2/h4-10,18H,3,11H2,1-2H3. The van der Waals surface area contributed by atoms with Gasteiger partial charge < -0.3 is 10.1 Å². The fourth-order valence-electron chi connectivity index (χ4n) is 1.90. The van der Waals surface area contributed by atoms with E-state index in [-0.39, 0.29) is 0 Å². The van der Waals surface area contributed by atoms with Crippen molar-refractivity contribution in [2.45, 2.75) is 20.4 Å². The van der Waals surface area contributed by atoms with Crippen molar-refractivity contribution in [2.75, 3.05) is 11.9 Å². The maximum absolute atomic E-state index is 5.51. The molecule has 2 rings (SSSR count). The highest BCUT2D eigenvalue weighted by molar-refractivity contribution is 9.10. The van der Waals surface area contributed by atoms with Crippen LogP contribution in [0.5, 0.6) is 5.75 Å². The summed E-state index contributed by atoms with van der Waals surface area (Å²) in [5, 5.41) is 3.45. The minimum Gasteiger partial charge on any atom is -0.493 e. The van der Waals surface area contributed by atoms with Gasteiger partial charge in [-0.3, -0.25) is 0 Å². The third-order valence-electron chi connectivity index (χ3n) is 2.92. The highest BCUT2D eigenvalue weighted by Crippen LogP contribution is 2.26. The Bertz CT molecular complexity index is 554. The van der Waals surface area contributed by atoms with Crippen LogP contribution in [0.3, 0.4) is 0 Å². The quantitative estimate of drug-likeness (QED) is 0.857. The van der Waals surface area contributed by atoms with E-state index in [0.717, 1.165) is 16.8 Å². The lowest BCUT2D eigenvalue weighted by molar-refractivity contribution is 0.338. The van der Waals surface area contributed by atoms with E-state index in [9.17, 15) is 0 Å². The molecule has 1 N–H and O–H groups in total. The Balaban J connectivity index is 2.04. The predicted molar refractivity (Wildman–Crippen MR) is 83.8 cm³/mol. The molecule has 0 aliphatic rings. The number of hydrogen-bond donors (Lipinski definition) is 1. The second-order valence-corrected chi connectivity index (χ2v) is 5.22. The van der Waals surface area contributed by atoms with Crippen LogP contribution in [-0.2, 0) is 6.54 Å². The molecular formula is C16H18BrNO. The average molecular weight is 320 g/mol. The molecule has 0 spiro atoms. The molecule has 0 aliphatic carbocycles. The van der Waals surface area contributed by atoms with Crippen molar-refractivity contribution < 1.29 is 4.74 Å². The fraction of sp³-hybridized carbons (Fsp3) is 0.250. The van der Waals surface area contributed by atoms with Gasteiger partial charge in [0, 0.05) is 12.2 Å². The number of aryl methyl sites for hydroxylation is 1. The number of rotatable bonds is 5. The van der Waals surface area contributed by atoms with Crippen LogP contribution >= 0.6 is 15.9 Å². The summed E-state index contributed by atoms with van der Waals surface area (Å²) in [6, 6.07) is 14.5. The van der Waals surface area contributed by atoms with E-state index >= 15 is 0 Å². The molecule has 0 fully saturated rings. The molecule has 0 atom stereocenters. The number of benzene rings is 2. The second kappa shape index (κ2) is 6.62. The van der Waals surface area contributed by atoms with Crippen LogP contribution in [0.4, 0.5) is 5.69 Å². The third kappa shape index (κ3) is 3.74. The third-order valence-corrected chi connectivity index (χ3v) is 3.54. The summed E-state index contributed by atoms with van der Waals surface area (Å²) in [7, 11) is 0. The maximum Gasteiger partial charge on any atom is 0.133 e. The van der Waals surface area contributed by atoms with Crippen molar-refractivity contribution in [3.63, 3.8) is 0 Å². The van der Waals surface area contributed by atoms with Gasteiger partial charge in [-0.05, 0) is 59.1 Å². The molecule has 0 saturated heterocycles. The number of halogens is 1. The summed E-state index contributed by atoms with van der Waals surface area (Å²) in [4.78, 5) is 0. The lowest BCUT2D eigenvalue weighted by Crippen LogP contribution is -2.01. The van der Waals surface area contributed by atoms with Crippen molar-refractivity contribution in [2.24, 2.45) is 0 Å².